The molecular weight excluding hydrogens is 231 g/mol. The Bertz CT molecular complexity index is 224. The number of esters is 1. The molecule has 2 nitrogen and oxygen atoms in total. The van der Waals surface area contributed by atoms with Gasteiger partial charge in [0.05, 0.1) is 0 Å². The Kier molecular flexibility index (Phi) is 7.32. The first-order valence-corrected chi connectivity index (χ1v) is 9.87. The van der Waals surface area contributed by atoms with Gasteiger partial charge in [0.25, 0.3) is 0 Å². The molecule has 0 aliphatic carbocycles. The Morgan fingerprint density at radius 1 is 1.06 bits per heavy atom. The predicted octanol–water partition coefficient (Wildman–Crippen LogP) is 3.78. The van der Waals surface area contributed by atoms with Crippen LogP contribution in [-0.2, 0) is 9.53 Å². The summed E-state index contributed by atoms with van der Waals surface area (Å²) in [4.78, 5) is 11.8. The van der Waals surface area contributed by atoms with Gasteiger partial charge in [0, 0.05) is 0 Å². The summed E-state index contributed by atoms with van der Waals surface area (Å²) < 4.78 is 5.45. The Balaban J connectivity index is 4.19. The first-order chi connectivity index (χ1) is 7.87. The molecule has 0 saturated carbocycles. The fraction of sp³-hybridized carbons (Fsp3) is 0.929. The summed E-state index contributed by atoms with van der Waals surface area (Å²) in [5, 5.41) is 0. The number of rotatable bonds is 8. The summed E-state index contributed by atoms with van der Waals surface area (Å²) >= 11 is 0. The second kappa shape index (κ2) is 7.36. The van der Waals surface area contributed by atoms with Crippen molar-refractivity contribution in [3.63, 3.8) is 0 Å². The van der Waals surface area contributed by atoms with Gasteiger partial charge >= 0.3 is 107 Å². The van der Waals surface area contributed by atoms with E-state index >= 15 is 0 Å². The van der Waals surface area contributed by atoms with E-state index in [0.717, 1.165) is 12.6 Å². The van der Waals surface area contributed by atoms with Crippen LogP contribution in [0.15, 0.2) is 0 Å². The van der Waals surface area contributed by atoms with Gasteiger partial charge in [0.2, 0.25) is 0 Å². The van der Waals surface area contributed by atoms with Crippen LogP contribution in [0.2, 0.25) is 0 Å². The molecule has 0 aliphatic heterocycles. The molecule has 0 radical (unpaired) electrons. The summed E-state index contributed by atoms with van der Waals surface area (Å²) in [5.74, 6) is -0.0359. The van der Waals surface area contributed by atoms with Crippen LogP contribution in [0.1, 0.15) is 48.0 Å². The van der Waals surface area contributed by atoms with E-state index in [1.54, 1.807) is 0 Å². The summed E-state index contributed by atoms with van der Waals surface area (Å²) in [6.45, 7) is 13.4. The first kappa shape index (κ1) is 16.9. The first-order valence-electron chi connectivity index (χ1n) is 7.04. The van der Waals surface area contributed by atoms with Crippen LogP contribution in [-0.4, -0.2) is 37.2 Å². The third-order valence-corrected chi connectivity index (χ3v) is 10.3. The number of carbonyl (C=O) groups excluding carboxylic acids is 1. The molecule has 0 fully saturated rings. The number of ether oxygens (including phenoxy) is 1. The third-order valence-electron chi connectivity index (χ3n) is 4.55. The summed E-state index contributed by atoms with van der Waals surface area (Å²) in [5.41, 5.74) is -0.325. The van der Waals surface area contributed by atoms with Gasteiger partial charge in [0.1, 0.15) is 0 Å². The van der Waals surface area contributed by atoms with Gasteiger partial charge in [-0.1, -0.05) is 0 Å². The van der Waals surface area contributed by atoms with E-state index < -0.39 is 7.26 Å². The number of carbonyl (C=O) groups is 1. The van der Waals surface area contributed by atoms with E-state index in [0.29, 0.717) is 6.61 Å². The average molecular weight is 262 g/mol. The molecule has 0 N–H and O–H groups in total. The van der Waals surface area contributed by atoms with E-state index in [1.165, 1.54) is 18.5 Å². The van der Waals surface area contributed by atoms with Gasteiger partial charge in [-0.15, -0.1) is 0 Å². The molecule has 0 aromatic rings. The van der Waals surface area contributed by atoms with E-state index in [-0.39, 0.29) is 11.4 Å². The van der Waals surface area contributed by atoms with Gasteiger partial charge in [-0.3, -0.25) is 0 Å². The maximum atomic E-state index is 11.8. The van der Waals surface area contributed by atoms with Crippen molar-refractivity contribution in [2.24, 2.45) is 5.41 Å². The zero-order chi connectivity index (χ0) is 13.5. The average Bonchev–Trinajstić information content (AvgIpc) is 2.35. The molecule has 104 valence electrons. The van der Waals surface area contributed by atoms with E-state index in [2.05, 4.69) is 20.8 Å². The van der Waals surface area contributed by atoms with E-state index in [9.17, 15) is 4.79 Å². The molecule has 0 aliphatic rings. The van der Waals surface area contributed by atoms with Crippen molar-refractivity contribution in [2.75, 3.05) is 31.3 Å². The van der Waals surface area contributed by atoms with Crippen molar-refractivity contribution in [3.05, 3.63) is 0 Å². The van der Waals surface area contributed by atoms with Crippen LogP contribution in [0.5, 0.6) is 0 Å². The third kappa shape index (κ3) is 4.95. The van der Waals surface area contributed by atoms with E-state index in [1.807, 2.05) is 20.8 Å². The standard InChI is InChI=1S/C14H31O2P/c1-7-14(5,6)13(15)16-11-12-17(8-2,9-3)10-4/h17H,7-12H2,1-6H3. The van der Waals surface area contributed by atoms with Crippen LogP contribution in [0, 0.1) is 5.41 Å². The van der Waals surface area contributed by atoms with Gasteiger partial charge in [-0.2, -0.15) is 0 Å². The molecule has 0 rings (SSSR count). The van der Waals surface area contributed by atoms with Crippen molar-refractivity contribution >= 4 is 13.2 Å². The summed E-state index contributed by atoms with van der Waals surface area (Å²) in [6, 6.07) is 0. The molecule has 17 heavy (non-hydrogen) atoms. The fourth-order valence-electron chi connectivity index (χ4n) is 1.98. The number of hydrogen-bond acceptors (Lipinski definition) is 2. The zero-order valence-corrected chi connectivity index (χ0v) is 13.6. The molecule has 0 heterocycles. The summed E-state index contributed by atoms with van der Waals surface area (Å²) in [7, 11) is -1.13. The molecule has 0 aromatic carbocycles. The topological polar surface area (TPSA) is 26.3 Å². The Hall–Kier alpha value is -0.100. The molecule has 0 atom stereocenters. The molecule has 0 aromatic heterocycles. The second-order valence-corrected chi connectivity index (χ2v) is 11.3. The van der Waals surface area contributed by atoms with Gasteiger partial charge in [-0.05, 0) is 0 Å². The Morgan fingerprint density at radius 2 is 1.53 bits per heavy atom. The molecule has 0 spiro atoms. The predicted molar refractivity (Wildman–Crippen MR) is 79.8 cm³/mol. The van der Waals surface area contributed by atoms with Gasteiger partial charge < -0.3 is 0 Å². The monoisotopic (exact) mass is 262 g/mol. The van der Waals surface area contributed by atoms with Crippen molar-refractivity contribution in [1.29, 1.82) is 0 Å². The Morgan fingerprint density at radius 3 is 1.88 bits per heavy atom. The quantitative estimate of drug-likeness (QED) is 0.491. The fourth-order valence-corrected chi connectivity index (χ4v) is 5.08. The van der Waals surface area contributed by atoms with E-state index in [4.69, 9.17) is 4.74 Å². The molecular formula is C14H31O2P. The number of hydrogen-bond donors (Lipinski definition) is 0. The minimum absolute atomic E-state index is 0.0359. The van der Waals surface area contributed by atoms with Crippen molar-refractivity contribution < 1.29 is 9.53 Å². The molecule has 3 heteroatoms. The van der Waals surface area contributed by atoms with Crippen molar-refractivity contribution in [2.45, 2.75) is 48.0 Å². The SMILES string of the molecule is CCC(C)(C)C(=O)OCC[PH](CC)(CC)CC. The van der Waals surface area contributed by atoms with Crippen LogP contribution < -0.4 is 0 Å². The van der Waals surface area contributed by atoms with Crippen molar-refractivity contribution in [1.82, 2.24) is 0 Å². The summed E-state index contributed by atoms with van der Waals surface area (Å²) in [6.07, 6.45) is 5.87. The molecule has 0 unspecified atom stereocenters. The normalized spacial score (nSPS) is 13.5. The van der Waals surface area contributed by atoms with Crippen LogP contribution in [0.4, 0.5) is 0 Å². The Labute approximate surface area is 108 Å². The van der Waals surface area contributed by atoms with Crippen molar-refractivity contribution in [3.8, 4) is 0 Å². The molecule has 0 saturated heterocycles. The second-order valence-electron chi connectivity index (χ2n) is 5.68. The van der Waals surface area contributed by atoms with Crippen LogP contribution >= 0.6 is 7.26 Å². The van der Waals surface area contributed by atoms with Gasteiger partial charge in [-0.25, -0.2) is 0 Å². The molecule has 0 bridgehead atoms. The maximum absolute atomic E-state index is 11.8. The zero-order valence-electron chi connectivity index (χ0n) is 12.6. The minimum atomic E-state index is -1.13. The molecule has 0 amide bonds. The van der Waals surface area contributed by atoms with Crippen LogP contribution in [0.25, 0.3) is 0 Å². The van der Waals surface area contributed by atoms with Crippen LogP contribution in [0.3, 0.4) is 0 Å². The van der Waals surface area contributed by atoms with Gasteiger partial charge in [0.15, 0.2) is 0 Å².